The van der Waals surface area contributed by atoms with Gasteiger partial charge in [-0.05, 0) is 37.1 Å². The molecule has 0 bridgehead atoms. The lowest BCUT2D eigenvalue weighted by atomic mass is 10.2. The van der Waals surface area contributed by atoms with Crippen LogP contribution < -0.4 is 15.0 Å². The quantitative estimate of drug-likeness (QED) is 0.630. The summed E-state index contributed by atoms with van der Waals surface area (Å²) in [4.78, 5) is 29.7. The highest BCUT2D eigenvalue weighted by atomic mass is 16.5. The maximum atomic E-state index is 13.3. The number of benzene rings is 2. The van der Waals surface area contributed by atoms with Gasteiger partial charge in [-0.3, -0.25) is 9.59 Å². The minimum atomic E-state index is -0.133. The van der Waals surface area contributed by atoms with Gasteiger partial charge in [-0.2, -0.15) is 5.10 Å². The second-order valence-electron chi connectivity index (χ2n) is 8.38. The fourth-order valence-electron chi connectivity index (χ4n) is 4.12. The first-order valence-electron chi connectivity index (χ1n) is 11.3. The molecule has 1 saturated heterocycles. The molecule has 1 aromatic heterocycles. The third-order valence-electron chi connectivity index (χ3n) is 6.12. The summed E-state index contributed by atoms with van der Waals surface area (Å²) >= 11 is 0. The van der Waals surface area contributed by atoms with Crippen molar-refractivity contribution >= 4 is 23.3 Å². The summed E-state index contributed by atoms with van der Waals surface area (Å²) in [5.74, 6) is 1.26. The molecule has 8 nitrogen and oxygen atoms in total. The molecular formula is C25H27N5O3. The lowest BCUT2D eigenvalue weighted by Gasteiger charge is -2.36. The van der Waals surface area contributed by atoms with Crippen LogP contribution >= 0.6 is 0 Å². The number of hydrogen-bond acceptors (Lipinski definition) is 5. The van der Waals surface area contributed by atoms with Gasteiger partial charge in [0.15, 0.2) is 5.69 Å². The number of methoxy groups -OCH3 is 1. The molecule has 2 amide bonds. The molecule has 2 aromatic carbocycles. The monoisotopic (exact) mass is 445 g/mol. The van der Waals surface area contributed by atoms with Crippen LogP contribution in [0.1, 0.15) is 23.3 Å². The summed E-state index contributed by atoms with van der Waals surface area (Å²) in [6, 6.07) is 19.1. The predicted octanol–water partition coefficient (Wildman–Crippen LogP) is 3.19. The van der Waals surface area contributed by atoms with Crippen molar-refractivity contribution in [3.63, 3.8) is 0 Å². The van der Waals surface area contributed by atoms with Crippen LogP contribution in [-0.4, -0.2) is 59.8 Å². The summed E-state index contributed by atoms with van der Waals surface area (Å²) in [6.45, 7) is 2.57. The standard InChI is InChI=1S/C25H27N5O3/c1-33-22-10-6-5-9-21(22)28-13-15-29(16-14-28)25(32)20-17-23(26-24(31)18-11-12-18)30(27-20)19-7-3-2-4-8-19/h2-10,17-18H,11-16H2,1H3,(H,26,31). The second-order valence-corrected chi connectivity index (χ2v) is 8.38. The third kappa shape index (κ3) is 4.41. The number of nitrogens with one attached hydrogen (secondary N) is 1. The van der Waals surface area contributed by atoms with Gasteiger partial charge in [0.2, 0.25) is 5.91 Å². The Morgan fingerprint density at radius 2 is 1.67 bits per heavy atom. The average molecular weight is 446 g/mol. The molecule has 0 unspecified atom stereocenters. The highest BCUT2D eigenvalue weighted by Gasteiger charge is 2.31. The molecule has 1 aliphatic heterocycles. The lowest BCUT2D eigenvalue weighted by molar-refractivity contribution is -0.117. The molecule has 0 spiro atoms. The first kappa shape index (κ1) is 21.1. The van der Waals surface area contributed by atoms with Crippen LogP contribution in [0.4, 0.5) is 11.5 Å². The first-order valence-corrected chi connectivity index (χ1v) is 11.3. The van der Waals surface area contributed by atoms with Gasteiger partial charge >= 0.3 is 0 Å². The largest absolute Gasteiger partial charge is 0.495 e. The molecule has 170 valence electrons. The predicted molar refractivity (Wildman–Crippen MR) is 126 cm³/mol. The Labute approximate surface area is 192 Å². The Hall–Kier alpha value is -3.81. The molecular weight excluding hydrogens is 418 g/mol. The normalized spacial score (nSPS) is 15.9. The molecule has 0 atom stereocenters. The van der Waals surface area contributed by atoms with Crippen molar-refractivity contribution < 1.29 is 14.3 Å². The Bertz CT molecular complexity index is 1150. The summed E-state index contributed by atoms with van der Waals surface area (Å²) in [6.07, 6.45) is 1.82. The zero-order valence-corrected chi connectivity index (χ0v) is 18.6. The van der Waals surface area contributed by atoms with Gasteiger partial charge in [0.1, 0.15) is 11.6 Å². The number of carbonyl (C=O) groups excluding carboxylic acids is 2. The van der Waals surface area contributed by atoms with Gasteiger partial charge in [0.05, 0.1) is 18.5 Å². The molecule has 2 fully saturated rings. The van der Waals surface area contributed by atoms with Crippen molar-refractivity contribution in [2.75, 3.05) is 43.5 Å². The number of amides is 2. The van der Waals surface area contributed by atoms with Gasteiger partial charge in [-0.25, -0.2) is 4.68 Å². The summed E-state index contributed by atoms with van der Waals surface area (Å²) < 4.78 is 7.12. The van der Waals surface area contributed by atoms with Crippen LogP contribution in [0, 0.1) is 5.92 Å². The van der Waals surface area contributed by atoms with Crippen molar-refractivity contribution in [3.05, 3.63) is 66.4 Å². The Balaban J connectivity index is 1.33. The maximum absolute atomic E-state index is 13.3. The molecule has 2 aliphatic rings. The minimum absolute atomic E-state index is 0.0171. The topological polar surface area (TPSA) is 79.7 Å². The number of ether oxygens (including phenoxy) is 1. The number of piperazine rings is 1. The summed E-state index contributed by atoms with van der Waals surface area (Å²) in [5.41, 5.74) is 2.16. The summed E-state index contributed by atoms with van der Waals surface area (Å²) in [7, 11) is 1.67. The van der Waals surface area contributed by atoms with E-state index < -0.39 is 0 Å². The molecule has 2 heterocycles. The number of aromatic nitrogens is 2. The number of nitrogens with zero attached hydrogens (tertiary/aromatic N) is 4. The van der Waals surface area contributed by atoms with Crippen LogP contribution in [0.5, 0.6) is 5.75 Å². The molecule has 3 aromatic rings. The van der Waals surface area contributed by atoms with E-state index in [0.717, 1.165) is 30.0 Å². The number of rotatable bonds is 6. The van der Waals surface area contributed by atoms with Crippen LogP contribution in [0.3, 0.4) is 0 Å². The average Bonchev–Trinajstić information content (AvgIpc) is 3.65. The van der Waals surface area contributed by atoms with Gasteiger partial charge in [0.25, 0.3) is 5.91 Å². The molecule has 1 N–H and O–H groups in total. The number of para-hydroxylation sites is 3. The second kappa shape index (κ2) is 8.97. The number of anilines is 2. The summed E-state index contributed by atoms with van der Waals surface area (Å²) in [5, 5.41) is 7.53. The van der Waals surface area contributed by atoms with E-state index in [1.165, 1.54) is 0 Å². The third-order valence-corrected chi connectivity index (χ3v) is 6.12. The fraction of sp³-hybridized carbons (Fsp3) is 0.320. The van der Waals surface area contributed by atoms with Crippen LogP contribution in [0.15, 0.2) is 60.7 Å². The van der Waals surface area contributed by atoms with Crippen molar-refractivity contribution in [3.8, 4) is 11.4 Å². The van der Waals surface area contributed by atoms with Crippen molar-refractivity contribution in [2.45, 2.75) is 12.8 Å². The van der Waals surface area contributed by atoms with E-state index in [4.69, 9.17) is 4.74 Å². The van der Waals surface area contributed by atoms with Crippen LogP contribution in [0.2, 0.25) is 0 Å². The van der Waals surface area contributed by atoms with Crippen LogP contribution in [-0.2, 0) is 4.79 Å². The fourth-order valence-corrected chi connectivity index (χ4v) is 4.12. The number of hydrogen-bond donors (Lipinski definition) is 1. The van der Waals surface area contributed by atoms with Crippen molar-refractivity contribution in [1.29, 1.82) is 0 Å². The van der Waals surface area contributed by atoms with Crippen molar-refractivity contribution in [1.82, 2.24) is 14.7 Å². The van der Waals surface area contributed by atoms with E-state index in [9.17, 15) is 9.59 Å². The molecule has 8 heteroatoms. The van der Waals surface area contributed by atoms with Gasteiger partial charge in [0, 0.05) is 38.2 Å². The highest BCUT2D eigenvalue weighted by Crippen LogP contribution is 2.31. The van der Waals surface area contributed by atoms with E-state index in [0.29, 0.717) is 37.7 Å². The van der Waals surface area contributed by atoms with E-state index in [2.05, 4.69) is 15.3 Å². The Morgan fingerprint density at radius 3 is 2.36 bits per heavy atom. The Kier molecular flexibility index (Phi) is 5.73. The molecule has 5 rings (SSSR count). The lowest BCUT2D eigenvalue weighted by Crippen LogP contribution is -2.49. The smallest absolute Gasteiger partial charge is 0.274 e. The SMILES string of the molecule is COc1ccccc1N1CCN(C(=O)c2cc(NC(=O)C3CC3)n(-c3ccccc3)n2)CC1. The zero-order valence-electron chi connectivity index (χ0n) is 18.6. The van der Waals surface area contributed by atoms with Crippen molar-refractivity contribution in [2.24, 2.45) is 5.92 Å². The van der Waals surface area contributed by atoms with Gasteiger partial charge in [-0.15, -0.1) is 0 Å². The van der Waals surface area contributed by atoms with E-state index >= 15 is 0 Å². The van der Waals surface area contributed by atoms with Gasteiger partial charge in [-0.1, -0.05) is 30.3 Å². The zero-order chi connectivity index (χ0) is 22.8. The van der Waals surface area contributed by atoms with Crippen LogP contribution in [0.25, 0.3) is 5.69 Å². The molecule has 1 aliphatic carbocycles. The van der Waals surface area contributed by atoms with Gasteiger partial charge < -0.3 is 19.9 Å². The molecule has 1 saturated carbocycles. The number of carbonyl (C=O) groups is 2. The van der Waals surface area contributed by atoms with E-state index in [-0.39, 0.29) is 17.7 Å². The first-order chi connectivity index (χ1) is 16.1. The highest BCUT2D eigenvalue weighted by molar-refractivity contribution is 5.97. The Morgan fingerprint density at radius 1 is 0.970 bits per heavy atom. The minimum Gasteiger partial charge on any atom is -0.495 e. The molecule has 0 radical (unpaired) electrons. The van der Waals surface area contributed by atoms with E-state index in [1.807, 2.05) is 59.5 Å². The maximum Gasteiger partial charge on any atom is 0.274 e. The molecule has 33 heavy (non-hydrogen) atoms. The van der Waals surface area contributed by atoms with E-state index in [1.54, 1.807) is 17.9 Å².